The highest BCUT2D eigenvalue weighted by atomic mass is 32.2. The summed E-state index contributed by atoms with van der Waals surface area (Å²) in [5.74, 6) is 1.16. The van der Waals surface area contributed by atoms with Crippen molar-refractivity contribution in [3.05, 3.63) is 23.8 Å². The maximum Gasteiger partial charge on any atom is 0.222 e. The Bertz CT molecular complexity index is 391. The summed E-state index contributed by atoms with van der Waals surface area (Å²) in [5.41, 5.74) is 7.70. The molecule has 0 aromatic heterocycles. The largest absolute Gasteiger partial charge is 0.399 e. The number of nitrogens with zero attached hydrogens (tertiary/aromatic N) is 1. The molecule has 1 aromatic rings. The molecule has 0 unspecified atom stereocenters. The van der Waals surface area contributed by atoms with Gasteiger partial charge in [-0.05, 0) is 42.9 Å². The van der Waals surface area contributed by atoms with E-state index in [1.165, 1.54) is 10.5 Å². The van der Waals surface area contributed by atoms with Gasteiger partial charge in [-0.2, -0.15) is 0 Å². The van der Waals surface area contributed by atoms with Gasteiger partial charge >= 0.3 is 0 Å². The van der Waals surface area contributed by atoms with E-state index in [9.17, 15) is 4.79 Å². The molecule has 94 valence electrons. The first-order valence-electron chi connectivity index (χ1n) is 5.70. The van der Waals surface area contributed by atoms with Crippen LogP contribution in [0.2, 0.25) is 0 Å². The molecule has 0 spiro atoms. The molecule has 0 saturated carbocycles. The van der Waals surface area contributed by atoms with Crippen molar-refractivity contribution in [3.63, 3.8) is 0 Å². The van der Waals surface area contributed by atoms with Gasteiger partial charge in [0.25, 0.3) is 0 Å². The molecule has 0 bridgehead atoms. The molecule has 1 aromatic carbocycles. The lowest BCUT2D eigenvalue weighted by Gasteiger charge is -2.10. The summed E-state index contributed by atoms with van der Waals surface area (Å²) in [6, 6.07) is 5.94. The van der Waals surface area contributed by atoms with Crippen LogP contribution >= 0.6 is 11.8 Å². The summed E-state index contributed by atoms with van der Waals surface area (Å²) in [4.78, 5) is 14.3. The maximum atomic E-state index is 11.4. The topological polar surface area (TPSA) is 46.3 Å². The quantitative estimate of drug-likeness (QED) is 0.497. The fourth-order valence-electron chi connectivity index (χ4n) is 1.46. The summed E-state index contributed by atoms with van der Waals surface area (Å²) in [7, 11) is 3.58. The van der Waals surface area contributed by atoms with Crippen LogP contribution in [0.15, 0.2) is 23.1 Å². The minimum atomic E-state index is 0.194. The lowest BCUT2D eigenvalue weighted by Crippen LogP contribution is -2.21. The van der Waals surface area contributed by atoms with Gasteiger partial charge in [0, 0.05) is 31.1 Å². The SMILES string of the molecule is Cc1cc(N)ccc1SCCCC(=O)N(C)C. The van der Waals surface area contributed by atoms with E-state index >= 15 is 0 Å². The minimum Gasteiger partial charge on any atom is -0.399 e. The second-order valence-electron chi connectivity index (χ2n) is 4.27. The van der Waals surface area contributed by atoms with Gasteiger partial charge in [0.05, 0.1) is 0 Å². The zero-order chi connectivity index (χ0) is 12.8. The number of benzene rings is 1. The third-order valence-corrected chi connectivity index (χ3v) is 3.75. The molecule has 0 aliphatic carbocycles. The number of carbonyl (C=O) groups is 1. The Morgan fingerprint density at radius 1 is 1.41 bits per heavy atom. The zero-order valence-electron chi connectivity index (χ0n) is 10.7. The molecule has 0 fully saturated rings. The third-order valence-electron chi connectivity index (χ3n) is 2.49. The number of nitrogens with two attached hydrogens (primary N) is 1. The number of anilines is 1. The van der Waals surface area contributed by atoms with Gasteiger partial charge in [0.15, 0.2) is 0 Å². The number of aryl methyl sites for hydroxylation is 1. The van der Waals surface area contributed by atoms with Crippen molar-refractivity contribution in [2.24, 2.45) is 0 Å². The number of nitrogen functional groups attached to an aromatic ring is 1. The average molecular weight is 252 g/mol. The Balaban J connectivity index is 2.34. The zero-order valence-corrected chi connectivity index (χ0v) is 11.5. The number of rotatable bonds is 5. The van der Waals surface area contributed by atoms with Crippen LogP contribution in [-0.2, 0) is 4.79 Å². The van der Waals surface area contributed by atoms with E-state index < -0.39 is 0 Å². The molecule has 0 aliphatic rings. The average Bonchev–Trinajstić information content (AvgIpc) is 2.26. The summed E-state index contributed by atoms with van der Waals surface area (Å²) >= 11 is 1.78. The number of hydrogen-bond donors (Lipinski definition) is 1. The Morgan fingerprint density at radius 2 is 2.12 bits per heavy atom. The van der Waals surface area contributed by atoms with Crippen LogP contribution in [0, 0.1) is 6.92 Å². The Morgan fingerprint density at radius 3 is 2.71 bits per heavy atom. The van der Waals surface area contributed by atoms with Crippen LogP contribution < -0.4 is 5.73 Å². The summed E-state index contributed by atoms with van der Waals surface area (Å²) < 4.78 is 0. The number of hydrogen-bond acceptors (Lipinski definition) is 3. The fraction of sp³-hybridized carbons (Fsp3) is 0.462. The summed E-state index contributed by atoms with van der Waals surface area (Å²) in [6.07, 6.45) is 1.53. The van der Waals surface area contributed by atoms with E-state index in [-0.39, 0.29) is 5.91 Å². The molecule has 1 rings (SSSR count). The van der Waals surface area contributed by atoms with Gasteiger partial charge in [-0.1, -0.05) is 0 Å². The van der Waals surface area contributed by atoms with Crippen molar-refractivity contribution >= 4 is 23.4 Å². The second kappa shape index (κ2) is 6.55. The highest BCUT2D eigenvalue weighted by Crippen LogP contribution is 2.24. The standard InChI is InChI=1S/C13H20N2OS/c1-10-9-11(14)6-7-12(10)17-8-4-5-13(16)15(2)3/h6-7,9H,4-5,8,14H2,1-3H3. The second-order valence-corrected chi connectivity index (χ2v) is 5.40. The van der Waals surface area contributed by atoms with E-state index in [1.54, 1.807) is 30.8 Å². The van der Waals surface area contributed by atoms with Crippen LogP contribution in [0.4, 0.5) is 5.69 Å². The Kier molecular flexibility index (Phi) is 5.35. The van der Waals surface area contributed by atoms with Crippen LogP contribution in [0.25, 0.3) is 0 Å². The van der Waals surface area contributed by atoms with Crippen molar-refractivity contribution in [1.82, 2.24) is 4.90 Å². The van der Waals surface area contributed by atoms with Crippen molar-refractivity contribution in [2.75, 3.05) is 25.6 Å². The molecular formula is C13H20N2OS. The molecule has 17 heavy (non-hydrogen) atoms. The molecule has 0 aliphatic heterocycles. The van der Waals surface area contributed by atoms with Crippen LogP contribution in [-0.4, -0.2) is 30.7 Å². The van der Waals surface area contributed by atoms with E-state index in [0.717, 1.165) is 17.9 Å². The predicted octanol–water partition coefficient (Wildman–Crippen LogP) is 2.54. The first-order chi connectivity index (χ1) is 8.00. The number of amides is 1. The number of thioether (sulfide) groups is 1. The Labute approximate surface area is 107 Å². The molecular weight excluding hydrogens is 232 g/mol. The normalized spacial score (nSPS) is 10.3. The van der Waals surface area contributed by atoms with Gasteiger partial charge in [-0.15, -0.1) is 11.8 Å². The van der Waals surface area contributed by atoms with Gasteiger partial charge in [-0.3, -0.25) is 4.79 Å². The molecule has 2 N–H and O–H groups in total. The molecule has 3 nitrogen and oxygen atoms in total. The highest BCUT2D eigenvalue weighted by Gasteiger charge is 2.04. The van der Waals surface area contributed by atoms with Gasteiger partial charge in [0.1, 0.15) is 0 Å². The summed E-state index contributed by atoms with van der Waals surface area (Å²) in [6.45, 7) is 2.06. The maximum absolute atomic E-state index is 11.4. The van der Waals surface area contributed by atoms with Gasteiger partial charge in [0.2, 0.25) is 5.91 Å². The highest BCUT2D eigenvalue weighted by molar-refractivity contribution is 7.99. The monoisotopic (exact) mass is 252 g/mol. The number of carbonyl (C=O) groups excluding carboxylic acids is 1. The van der Waals surface area contributed by atoms with E-state index in [4.69, 9.17) is 5.73 Å². The molecule has 0 radical (unpaired) electrons. The lowest BCUT2D eigenvalue weighted by molar-refractivity contribution is -0.128. The van der Waals surface area contributed by atoms with E-state index in [0.29, 0.717) is 6.42 Å². The van der Waals surface area contributed by atoms with E-state index in [2.05, 4.69) is 6.92 Å². The minimum absolute atomic E-state index is 0.194. The van der Waals surface area contributed by atoms with Crippen LogP contribution in [0.3, 0.4) is 0 Å². The lowest BCUT2D eigenvalue weighted by atomic mass is 10.2. The van der Waals surface area contributed by atoms with Gasteiger partial charge in [-0.25, -0.2) is 0 Å². The van der Waals surface area contributed by atoms with Crippen LogP contribution in [0.1, 0.15) is 18.4 Å². The molecule has 0 saturated heterocycles. The fourth-order valence-corrected chi connectivity index (χ4v) is 2.42. The summed E-state index contributed by atoms with van der Waals surface area (Å²) in [5, 5.41) is 0. The molecule has 4 heteroatoms. The van der Waals surface area contributed by atoms with Gasteiger partial charge < -0.3 is 10.6 Å². The van der Waals surface area contributed by atoms with Crippen LogP contribution in [0.5, 0.6) is 0 Å². The van der Waals surface area contributed by atoms with Crippen molar-refractivity contribution in [2.45, 2.75) is 24.7 Å². The van der Waals surface area contributed by atoms with Crippen molar-refractivity contribution in [3.8, 4) is 0 Å². The third kappa shape index (κ3) is 4.69. The predicted molar refractivity (Wildman–Crippen MR) is 74.2 cm³/mol. The van der Waals surface area contributed by atoms with Crippen molar-refractivity contribution in [1.29, 1.82) is 0 Å². The first-order valence-corrected chi connectivity index (χ1v) is 6.68. The molecule has 0 atom stereocenters. The Hall–Kier alpha value is -1.16. The van der Waals surface area contributed by atoms with Crippen molar-refractivity contribution < 1.29 is 4.79 Å². The molecule has 1 amide bonds. The van der Waals surface area contributed by atoms with E-state index in [1.807, 2.05) is 18.2 Å². The first kappa shape index (κ1) is 13.9. The molecule has 0 heterocycles. The smallest absolute Gasteiger partial charge is 0.222 e.